The Kier molecular flexibility index (Phi) is 5.49. The van der Waals surface area contributed by atoms with Crippen LogP contribution in [0, 0.1) is 5.92 Å². The summed E-state index contributed by atoms with van der Waals surface area (Å²) in [7, 11) is 0.333. The highest BCUT2D eigenvalue weighted by Gasteiger charge is 2.31. The van der Waals surface area contributed by atoms with Crippen molar-refractivity contribution in [3.63, 3.8) is 0 Å². The zero-order chi connectivity index (χ0) is 12.2. The number of carbonyl (C=O) groups is 1. The zero-order valence-electron chi connectivity index (χ0n) is 10.5. The maximum absolute atomic E-state index is 12.2. The van der Waals surface area contributed by atoms with Gasteiger partial charge in [-0.1, -0.05) is 13.8 Å². The first-order chi connectivity index (χ1) is 6.70. The molecule has 1 unspecified atom stereocenters. The topological polar surface area (TPSA) is 43.4 Å². The molecule has 4 heteroatoms. The van der Waals surface area contributed by atoms with E-state index in [2.05, 4.69) is 4.74 Å². The molecule has 15 heavy (non-hydrogen) atoms. The molecule has 0 aliphatic rings. The Morgan fingerprint density at radius 2 is 1.80 bits per heavy atom. The molecule has 0 saturated carbocycles. The van der Waals surface area contributed by atoms with Crippen LogP contribution in [0.15, 0.2) is 0 Å². The van der Waals surface area contributed by atoms with Gasteiger partial charge in [-0.25, -0.2) is 0 Å². The van der Waals surface area contributed by atoms with Gasteiger partial charge in [-0.15, -0.1) is 0 Å². The van der Waals surface area contributed by atoms with Crippen LogP contribution in [-0.4, -0.2) is 27.3 Å². The van der Waals surface area contributed by atoms with Crippen molar-refractivity contribution >= 4 is 16.8 Å². The van der Waals surface area contributed by atoms with Crippen LogP contribution >= 0.6 is 0 Å². The lowest BCUT2D eigenvalue weighted by Gasteiger charge is -2.27. The van der Waals surface area contributed by atoms with Crippen molar-refractivity contribution in [1.82, 2.24) is 0 Å². The molecule has 0 rings (SSSR count). The van der Waals surface area contributed by atoms with Crippen LogP contribution in [0.2, 0.25) is 0 Å². The first-order valence-electron chi connectivity index (χ1n) is 5.17. The largest absolute Gasteiger partial charge is 0.469 e. The molecule has 0 aromatic rings. The van der Waals surface area contributed by atoms with Gasteiger partial charge in [-0.05, 0) is 26.7 Å². The maximum atomic E-state index is 12.2. The Bertz CT molecular complexity index is 241. The molecule has 0 amide bonds. The molecule has 0 aliphatic heterocycles. The van der Waals surface area contributed by atoms with Gasteiger partial charge in [0.25, 0.3) is 0 Å². The molecule has 0 spiro atoms. The fourth-order valence-electron chi connectivity index (χ4n) is 1.26. The van der Waals surface area contributed by atoms with Crippen LogP contribution in [0.4, 0.5) is 0 Å². The van der Waals surface area contributed by atoms with Gasteiger partial charge in [0.1, 0.15) is 0 Å². The third-order valence-electron chi connectivity index (χ3n) is 2.22. The van der Waals surface area contributed by atoms with E-state index in [0.717, 1.165) is 0 Å². The van der Waals surface area contributed by atoms with E-state index in [-0.39, 0.29) is 28.3 Å². The highest BCUT2D eigenvalue weighted by molar-refractivity contribution is 7.87. The third-order valence-corrected chi connectivity index (χ3v) is 4.69. The number of esters is 1. The van der Waals surface area contributed by atoms with Crippen molar-refractivity contribution in [2.45, 2.75) is 51.0 Å². The average molecular weight is 234 g/mol. The number of methoxy groups -OCH3 is 1. The van der Waals surface area contributed by atoms with Crippen molar-refractivity contribution in [3.05, 3.63) is 0 Å². The van der Waals surface area contributed by atoms with Gasteiger partial charge in [0.05, 0.1) is 13.5 Å². The van der Waals surface area contributed by atoms with E-state index in [9.17, 15) is 9.00 Å². The van der Waals surface area contributed by atoms with E-state index in [4.69, 9.17) is 0 Å². The molecule has 0 fully saturated rings. The van der Waals surface area contributed by atoms with Crippen LogP contribution in [0.1, 0.15) is 41.0 Å². The van der Waals surface area contributed by atoms with E-state index in [1.165, 1.54) is 7.11 Å². The summed E-state index contributed by atoms with van der Waals surface area (Å²) < 4.78 is 16.5. The van der Waals surface area contributed by atoms with Crippen LogP contribution in [-0.2, 0) is 20.3 Å². The molecule has 2 atom stereocenters. The fraction of sp³-hybridized carbons (Fsp3) is 0.909. The minimum atomic E-state index is -1.03. The Hall–Kier alpha value is -0.380. The molecule has 0 aromatic heterocycles. The van der Waals surface area contributed by atoms with E-state index < -0.39 is 10.8 Å². The van der Waals surface area contributed by atoms with Crippen molar-refractivity contribution < 1.29 is 13.7 Å². The number of hydrogen-bond donors (Lipinski definition) is 0. The molecule has 0 bridgehead atoms. The lowest BCUT2D eigenvalue weighted by molar-refractivity contribution is -0.140. The van der Waals surface area contributed by atoms with Crippen LogP contribution in [0.25, 0.3) is 0 Å². The lowest BCUT2D eigenvalue weighted by Crippen LogP contribution is -2.36. The number of rotatable bonds is 4. The van der Waals surface area contributed by atoms with Crippen molar-refractivity contribution in [2.24, 2.45) is 5.92 Å². The summed E-state index contributed by atoms with van der Waals surface area (Å²) >= 11 is 0. The average Bonchev–Trinajstić information content (AvgIpc) is 2.10. The molecule has 0 radical (unpaired) electrons. The van der Waals surface area contributed by atoms with Gasteiger partial charge in [0, 0.05) is 20.8 Å². The minimum absolute atomic E-state index is 0.127. The molecule has 0 saturated heterocycles. The van der Waals surface area contributed by atoms with E-state index >= 15 is 0 Å². The summed E-state index contributed by atoms with van der Waals surface area (Å²) in [5.74, 6) is -0.0736. The number of carbonyl (C=O) groups excluding carboxylic acids is 1. The lowest BCUT2D eigenvalue weighted by atomic mass is 10.1. The van der Waals surface area contributed by atoms with Gasteiger partial charge in [-0.2, -0.15) is 0 Å². The monoisotopic (exact) mass is 234 g/mol. The predicted octanol–water partition coefficient (Wildman–Crippen LogP) is 2.12. The van der Waals surface area contributed by atoms with E-state index in [0.29, 0.717) is 0 Å². The quantitative estimate of drug-likeness (QED) is 0.700. The first kappa shape index (κ1) is 14.6. The van der Waals surface area contributed by atoms with E-state index in [1.807, 2.05) is 34.6 Å². The molecule has 90 valence electrons. The fourth-order valence-corrected chi connectivity index (χ4v) is 2.95. The summed E-state index contributed by atoms with van der Waals surface area (Å²) in [6, 6.07) is 0. The smallest absolute Gasteiger partial charge is 0.306 e. The first-order valence-corrected chi connectivity index (χ1v) is 6.39. The summed E-state index contributed by atoms with van der Waals surface area (Å²) in [5.41, 5.74) is 0. The third kappa shape index (κ3) is 4.78. The summed E-state index contributed by atoms with van der Waals surface area (Å²) in [4.78, 5) is 11.2. The summed E-state index contributed by atoms with van der Waals surface area (Å²) in [6.45, 7) is 9.75. The van der Waals surface area contributed by atoms with E-state index in [1.54, 1.807) is 0 Å². The molecular weight excluding hydrogens is 212 g/mol. The second-order valence-corrected chi connectivity index (χ2v) is 7.40. The second kappa shape index (κ2) is 5.64. The molecule has 0 aliphatic carbocycles. The molecule has 0 aromatic carbocycles. The Morgan fingerprint density at radius 1 is 1.33 bits per heavy atom. The molecule has 3 nitrogen and oxygen atoms in total. The predicted molar refractivity (Wildman–Crippen MR) is 63.2 cm³/mol. The molecule has 0 heterocycles. The number of hydrogen-bond acceptors (Lipinski definition) is 3. The Balaban J connectivity index is 4.68. The standard InChI is InChI=1S/C11H22O3S/c1-8(2)9(7-10(12)14-6)15(13)11(3,4)5/h8-9H,7H2,1-6H3/t9-,15?/m0/s1. The highest BCUT2D eigenvalue weighted by atomic mass is 32.2. The Labute approximate surface area is 95.0 Å². The van der Waals surface area contributed by atoms with Crippen molar-refractivity contribution in [1.29, 1.82) is 0 Å². The molecular formula is C11H22O3S. The van der Waals surface area contributed by atoms with Gasteiger partial charge in [-0.3, -0.25) is 9.00 Å². The van der Waals surface area contributed by atoms with Crippen molar-refractivity contribution in [3.8, 4) is 0 Å². The SMILES string of the molecule is COC(=O)C[C@@H](C(C)C)S(=O)C(C)(C)C. The van der Waals surface area contributed by atoms with Gasteiger partial charge < -0.3 is 4.74 Å². The van der Waals surface area contributed by atoms with Crippen LogP contribution < -0.4 is 0 Å². The maximum Gasteiger partial charge on any atom is 0.306 e. The highest BCUT2D eigenvalue weighted by Crippen LogP contribution is 2.23. The Morgan fingerprint density at radius 3 is 2.07 bits per heavy atom. The normalized spacial score (nSPS) is 16.2. The van der Waals surface area contributed by atoms with Crippen LogP contribution in [0.5, 0.6) is 0 Å². The second-order valence-electron chi connectivity index (χ2n) is 4.97. The van der Waals surface area contributed by atoms with Gasteiger partial charge >= 0.3 is 5.97 Å². The minimum Gasteiger partial charge on any atom is -0.469 e. The summed E-state index contributed by atoms with van der Waals surface area (Å²) in [6.07, 6.45) is 0.234. The van der Waals surface area contributed by atoms with Crippen LogP contribution in [0.3, 0.4) is 0 Å². The van der Waals surface area contributed by atoms with Crippen molar-refractivity contribution in [2.75, 3.05) is 7.11 Å². The molecule has 0 N–H and O–H groups in total. The number of ether oxygens (including phenoxy) is 1. The summed E-state index contributed by atoms with van der Waals surface area (Å²) in [5, 5.41) is -0.127. The zero-order valence-corrected chi connectivity index (χ0v) is 11.3. The van der Waals surface area contributed by atoms with Gasteiger partial charge in [0.15, 0.2) is 0 Å². The van der Waals surface area contributed by atoms with Gasteiger partial charge in [0.2, 0.25) is 0 Å².